The zero-order chi connectivity index (χ0) is 27.9. The highest BCUT2D eigenvalue weighted by atomic mass is 16.7. The Labute approximate surface area is 223 Å². The zero-order valence-electron chi connectivity index (χ0n) is 22.7. The molecule has 0 spiro atoms. The van der Waals surface area contributed by atoms with Crippen LogP contribution in [0.5, 0.6) is 28.7 Å². The van der Waals surface area contributed by atoms with Gasteiger partial charge in [-0.2, -0.15) is 0 Å². The van der Waals surface area contributed by atoms with E-state index in [1.54, 1.807) is 24.3 Å². The van der Waals surface area contributed by atoms with E-state index in [9.17, 15) is 9.90 Å². The van der Waals surface area contributed by atoms with Crippen molar-refractivity contribution in [1.82, 2.24) is 0 Å². The van der Waals surface area contributed by atoms with Crippen molar-refractivity contribution in [3.8, 4) is 28.7 Å². The second-order valence-electron chi connectivity index (χ2n) is 8.17. The lowest BCUT2D eigenvalue weighted by Gasteiger charge is -2.19. The standard InChI is InChI=1S/C28H36O10/c1-19(2)7-10-21-25(36-16-32-4)14-23(30)27(28(21)38-18-34-6)22(29)11-8-20-9-12-24(35-15-31-3)26(13-20)37-17-33-5/h7-9,11-14,30H,10,15-18H2,1-6H3/b11-8+. The number of allylic oxidation sites excluding steroid dienone is 3. The number of benzene rings is 2. The lowest BCUT2D eigenvalue weighted by Crippen LogP contribution is -2.10. The molecular weight excluding hydrogens is 496 g/mol. The predicted octanol–water partition coefficient (Wildman–Crippen LogP) is 4.73. The third-order valence-electron chi connectivity index (χ3n) is 5.00. The van der Waals surface area contributed by atoms with Gasteiger partial charge in [-0.05, 0) is 44.0 Å². The minimum atomic E-state index is -0.482. The molecule has 0 saturated heterocycles. The summed E-state index contributed by atoms with van der Waals surface area (Å²) in [4.78, 5) is 13.4. The van der Waals surface area contributed by atoms with Crippen molar-refractivity contribution in [3.05, 3.63) is 58.7 Å². The molecule has 208 valence electrons. The minimum Gasteiger partial charge on any atom is -0.507 e. The Balaban J connectivity index is 2.50. The largest absolute Gasteiger partial charge is 0.507 e. The van der Waals surface area contributed by atoms with E-state index in [2.05, 4.69) is 0 Å². The first-order chi connectivity index (χ1) is 18.4. The fraction of sp³-hybridized carbons (Fsp3) is 0.393. The molecular formula is C28H36O10. The lowest BCUT2D eigenvalue weighted by molar-refractivity contribution is 0.0322. The van der Waals surface area contributed by atoms with Crippen LogP contribution < -0.4 is 18.9 Å². The van der Waals surface area contributed by atoms with Crippen molar-refractivity contribution >= 4 is 11.9 Å². The number of aromatic hydroxyl groups is 1. The molecule has 0 bridgehead atoms. The Morgan fingerprint density at radius 1 is 0.789 bits per heavy atom. The van der Waals surface area contributed by atoms with Gasteiger partial charge in [0.05, 0.1) is 0 Å². The van der Waals surface area contributed by atoms with E-state index < -0.39 is 5.78 Å². The van der Waals surface area contributed by atoms with Crippen molar-refractivity contribution in [2.24, 2.45) is 0 Å². The van der Waals surface area contributed by atoms with Crippen LogP contribution in [-0.4, -0.2) is 66.5 Å². The molecule has 0 heterocycles. The van der Waals surface area contributed by atoms with Gasteiger partial charge in [-0.15, -0.1) is 0 Å². The average molecular weight is 533 g/mol. The maximum absolute atomic E-state index is 13.4. The topological polar surface area (TPSA) is 111 Å². The number of ether oxygens (including phenoxy) is 8. The molecule has 38 heavy (non-hydrogen) atoms. The zero-order valence-corrected chi connectivity index (χ0v) is 22.7. The summed E-state index contributed by atoms with van der Waals surface area (Å²) in [5.74, 6) is 0.581. The second kappa shape index (κ2) is 16.3. The number of carbonyl (C=O) groups is 1. The molecule has 0 radical (unpaired) electrons. The van der Waals surface area contributed by atoms with Crippen molar-refractivity contribution in [2.45, 2.75) is 20.3 Å². The van der Waals surface area contributed by atoms with Crippen LogP contribution in [0.2, 0.25) is 0 Å². The molecule has 2 aromatic rings. The fourth-order valence-electron chi connectivity index (χ4n) is 3.29. The van der Waals surface area contributed by atoms with E-state index in [0.29, 0.717) is 34.8 Å². The summed E-state index contributed by atoms with van der Waals surface area (Å²) in [6, 6.07) is 6.52. The number of carbonyl (C=O) groups excluding carboxylic acids is 1. The molecule has 0 unspecified atom stereocenters. The molecule has 0 aliphatic rings. The van der Waals surface area contributed by atoms with E-state index in [1.165, 1.54) is 40.6 Å². The lowest BCUT2D eigenvalue weighted by atomic mass is 9.99. The van der Waals surface area contributed by atoms with Crippen LogP contribution >= 0.6 is 0 Å². The summed E-state index contributed by atoms with van der Waals surface area (Å²) >= 11 is 0. The number of rotatable bonds is 17. The fourth-order valence-corrected chi connectivity index (χ4v) is 3.29. The first kappa shape index (κ1) is 30.7. The number of ketones is 1. The first-order valence-electron chi connectivity index (χ1n) is 11.7. The molecule has 10 nitrogen and oxygen atoms in total. The third kappa shape index (κ3) is 9.07. The van der Waals surface area contributed by atoms with Crippen LogP contribution in [0, 0.1) is 0 Å². The van der Waals surface area contributed by atoms with Gasteiger partial charge < -0.3 is 43.0 Å². The summed E-state index contributed by atoms with van der Waals surface area (Å²) in [5.41, 5.74) is 2.27. The molecule has 2 aromatic carbocycles. The van der Waals surface area contributed by atoms with Crippen molar-refractivity contribution < 1.29 is 47.8 Å². The van der Waals surface area contributed by atoms with Gasteiger partial charge in [-0.1, -0.05) is 23.8 Å². The van der Waals surface area contributed by atoms with Gasteiger partial charge in [0.2, 0.25) is 0 Å². The molecule has 0 saturated carbocycles. The molecule has 0 aliphatic carbocycles. The quantitative estimate of drug-likeness (QED) is 0.133. The minimum absolute atomic E-state index is 0.00938. The third-order valence-corrected chi connectivity index (χ3v) is 5.00. The predicted molar refractivity (Wildman–Crippen MR) is 141 cm³/mol. The number of hydrogen-bond acceptors (Lipinski definition) is 10. The molecule has 0 amide bonds. The van der Waals surface area contributed by atoms with Gasteiger partial charge in [-0.25, -0.2) is 0 Å². The van der Waals surface area contributed by atoms with E-state index in [4.69, 9.17) is 37.9 Å². The van der Waals surface area contributed by atoms with Crippen molar-refractivity contribution in [1.29, 1.82) is 0 Å². The highest BCUT2D eigenvalue weighted by Gasteiger charge is 2.24. The van der Waals surface area contributed by atoms with Gasteiger partial charge in [0.1, 0.15) is 22.8 Å². The van der Waals surface area contributed by atoms with Crippen LogP contribution in [0.4, 0.5) is 0 Å². The van der Waals surface area contributed by atoms with Gasteiger partial charge in [0, 0.05) is 40.1 Å². The van der Waals surface area contributed by atoms with Gasteiger partial charge in [0.25, 0.3) is 0 Å². The highest BCUT2D eigenvalue weighted by molar-refractivity contribution is 6.11. The van der Waals surface area contributed by atoms with Crippen LogP contribution in [0.25, 0.3) is 6.08 Å². The summed E-state index contributed by atoms with van der Waals surface area (Å²) in [6.45, 7) is 3.78. The van der Waals surface area contributed by atoms with Crippen molar-refractivity contribution in [3.63, 3.8) is 0 Å². The summed E-state index contributed by atoms with van der Waals surface area (Å²) in [7, 11) is 5.97. The molecule has 0 atom stereocenters. The molecule has 0 fully saturated rings. The number of phenols is 1. The maximum Gasteiger partial charge on any atom is 0.193 e. The van der Waals surface area contributed by atoms with Crippen LogP contribution in [0.3, 0.4) is 0 Å². The Kier molecular flexibility index (Phi) is 13.2. The van der Waals surface area contributed by atoms with Gasteiger partial charge in [-0.3, -0.25) is 4.79 Å². The average Bonchev–Trinajstić information content (AvgIpc) is 2.90. The SMILES string of the molecule is COCOc1ccc(/C=C/C(=O)c2c(O)cc(OCOC)c(CC=C(C)C)c2OCOC)cc1OCOC. The van der Waals surface area contributed by atoms with E-state index in [1.807, 2.05) is 19.9 Å². The normalized spacial score (nSPS) is 10.9. The van der Waals surface area contributed by atoms with Crippen LogP contribution in [0.15, 0.2) is 42.0 Å². The maximum atomic E-state index is 13.4. The van der Waals surface area contributed by atoms with E-state index in [-0.39, 0.29) is 44.2 Å². The Morgan fingerprint density at radius 3 is 1.97 bits per heavy atom. The molecule has 0 aromatic heterocycles. The van der Waals surface area contributed by atoms with E-state index >= 15 is 0 Å². The monoisotopic (exact) mass is 532 g/mol. The Hall–Kier alpha value is -3.57. The first-order valence-corrected chi connectivity index (χ1v) is 11.7. The molecule has 10 heteroatoms. The van der Waals surface area contributed by atoms with Crippen molar-refractivity contribution in [2.75, 3.05) is 55.6 Å². The van der Waals surface area contributed by atoms with E-state index in [0.717, 1.165) is 5.57 Å². The summed E-state index contributed by atoms with van der Waals surface area (Å²) in [6.07, 6.45) is 5.28. The summed E-state index contributed by atoms with van der Waals surface area (Å²) in [5, 5.41) is 10.8. The molecule has 2 rings (SSSR count). The number of methoxy groups -OCH3 is 4. The van der Waals surface area contributed by atoms with Gasteiger partial charge >= 0.3 is 0 Å². The molecule has 1 N–H and O–H groups in total. The second-order valence-corrected chi connectivity index (χ2v) is 8.17. The molecule has 0 aliphatic heterocycles. The summed E-state index contributed by atoms with van der Waals surface area (Å²) < 4.78 is 42.6. The number of phenolic OH excluding ortho intramolecular Hbond substituents is 1. The van der Waals surface area contributed by atoms with Crippen LogP contribution in [-0.2, 0) is 25.4 Å². The van der Waals surface area contributed by atoms with Crippen LogP contribution in [0.1, 0.15) is 35.3 Å². The highest BCUT2D eigenvalue weighted by Crippen LogP contribution is 2.40. The number of hydrogen-bond donors (Lipinski definition) is 1. The Morgan fingerprint density at radius 2 is 1.37 bits per heavy atom. The van der Waals surface area contributed by atoms with Gasteiger partial charge in [0.15, 0.2) is 44.5 Å². The Bertz CT molecular complexity index is 1100. The smallest absolute Gasteiger partial charge is 0.193 e.